The van der Waals surface area contributed by atoms with Crippen molar-refractivity contribution in [3.05, 3.63) is 65.4 Å². The van der Waals surface area contributed by atoms with Gasteiger partial charge in [-0.2, -0.15) is 5.10 Å². The maximum Gasteiger partial charge on any atom is 0.238 e. The highest BCUT2D eigenvalue weighted by atomic mass is 35.5. The van der Waals surface area contributed by atoms with Crippen LogP contribution in [0.3, 0.4) is 0 Å². The molecular formula is C20H19ClN4O3S. The average molecular weight is 431 g/mol. The smallest absolute Gasteiger partial charge is 0.238 e. The van der Waals surface area contributed by atoms with Gasteiger partial charge in [0, 0.05) is 28.0 Å². The van der Waals surface area contributed by atoms with E-state index in [4.69, 9.17) is 16.7 Å². The van der Waals surface area contributed by atoms with Gasteiger partial charge < -0.3 is 5.32 Å². The molecule has 3 aromatic rings. The molecule has 150 valence electrons. The van der Waals surface area contributed by atoms with Crippen LogP contribution in [0.2, 0.25) is 5.02 Å². The first-order valence-electron chi connectivity index (χ1n) is 9.06. The van der Waals surface area contributed by atoms with Gasteiger partial charge in [0.15, 0.2) is 0 Å². The summed E-state index contributed by atoms with van der Waals surface area (Å²) >= 11 is 6.09. The number of primary sulfonamides is 1. The number of sulfonamides is 1. The summed E-state index contributed by atoms with van der Waals surface area (Å²) in [4.78, 5) is 12.3. The van der Waals surface area contributed by atoms with Gasteiger partial charge in [-0.15, -0.1) is 0 Å². The molecule has 0 atom stereocenters. The topological polar surface area (TPSA) is 107 Å². The Labute approximate surface area is 173 Å². The van der Waals surface area contributed by atoms with Gasteiger partial charge in [0.05, 0.1) is 23.6 Å². The molecule has 1 fully saturated rings. The van der Waals surface area contributed by atoms with Crippen LogP contribution in [-0.2, 0) is 21.2 Å². The zero-order valence-electron chi connectivity index (χ0n) is 15.4. The summed E-state index contributed by atoms with van der Waals surface area (Å²) in [5.41, 5.74) is 2.13. The molecule has 1 saturated carbocycles. The molecule has 0 radical (unpaired) electrons. The lowest BCUT2D eigenvalue weighted by Crippen LogP contribution is -2.17. The fraction of sp³-hybridized carbons (Fsp3) is 0.200. The van der Waals surface area contributed by atoms with Crippen molar-refractivity contribution < 1.29 is 13.2 Å². The van der Waals surface area contributed by atoms with Crippen molar-refractivity contribution in [2.24, 2.45) is 5.14 Å². The second-order valence-corrected chi connectivity index (χ2v) is 8.95. The minimum Gasteiger partial charge on any atom is -0.326 e. The molecule has 0 unspecified atom stereocenters. The van der Waals surface area contributed by atoms with E-state index in [0.29, 0.717) is 33.4 Å². The molecule has 1 aliphatic rings. The standard InChI is InChI=1S/C20H19ClN4O3S/c21-18-4-2-1-3-13(18)9-20(26)24-15-5-8-17(19(10-15)29(22,27)28)14-11-23-25(12-14)16-6-7-16/h1-5,8,10-12,16H,6-7,9H2,(H,24,26)(H2,22,27,28). The molecule has 0 spiro atoms. The first kappa shape index (κ1) is 19.6. The first-order valence-corrected chi connectivity index (χ1v) is 11.0. The van der Waals surface area contributed by atoms with E-state index in [-0.39, 0.29) is 17.2 Å². The van der Waals surface area contributed by atoms with E-state index in [2.05, 4.69) is 10.4 Å². The fourth-order valence-electron chi connectivity index (χ4n) is 3.11. The van der Waals surface area contributed by atoms with E-state index in [0.717, 1.165) is 12.8 Å². The molecule has 1 heterocycles. The zero-order chi connectivity index (χ0) is 20.6. The Balaban J connectivity index is 1.60. The number of carbonyl (C=O) groups excluding carboxylic acids is 1. The number of anilines is 1. The van der Waals surface area contributed by atoms with Gasteiger partial charge in [-0.05, 0) is 36.6 Å². The number of hydrogen-bond donors (Lipinski definition) is 2. The number of hydrogen-bond acceptors (Lipinski definition) is 4. The molecule has 0 aliphatic heterocycles. The van der Waals surface area contributed by atoms with Gasteiger partial charge in [0.2, 0.25) is 15.9 Å². The zero-order valence-corrected chi connectivity index (χ0v) is 16.9. The van der Waals surface area contributed by atoms with Gasteiger partial charge in [0.1, 0.15) is 0 Å². The lowest BCUT2D eigenvalue weighted by molar-refractivity contribution is -0.115. The molecule has 1 aromatic heterocycles. The van der Waals surface area contributed by atoms with Crippen LogP contribution in [0.25, 0.3) is 11.1 Å². The SMILES string of the molecule is NS(=O)(=O)c1cc(NC(=O)Cc2ccccc2Cl)ccc1-c1cnn(C2CC2)c1. The van der Waals surface area contributed by atoms with Crippen LogP contribution in [-0.4, -0.2) is 24.1 Å². The van der Waals surface area contributed by atoms with Crippen LogP contribution >= 0.6 is 11.6 Å². The minimum absolute atomic E-state index is 0.0663. The lowest BCUT2D eigenvalue weighted by Gasteiger charge is -2.11. The number of nitrogens with two attached hydrogens (primary N) is 1. The number of aromatic nitrogens is 2. The third kappa shape index (κ3) is 4.50. The second-order valence-electron chi connectivity index (χ2n) is 7.01. The lowest BCUT2D eigenvalue weighted by atomic mass is 10.1. The predicted octanol–water partition coefficient (Wildman–Crippen LogP) is 3.37. The van der Waals surface area contributed by atoms with Gasteiger partial charge in [-0.25, -0.2) is 13.6 Å². The van der Waals surface area contributed by atoms with Crippen LogP contribution in [0.1, 0.15) is 24.4 Å². The van der Waals surface area contributed by atoms with Crippen LogP contribution in [0.15, 0.2) is 59.8 Å². The molecule has 4 rings (SSSR count). The van der Waals surface area contributed by atoms with E-state index in [1.54, 1.807) is 42.6 Å². The third-order valence-electron chi connectivity index (χ3n) is 4.71. The number of nitrogens with one attached hydrogen (secondary N) is 1. The Morgan fingerprint density at radius 3 is 2.69 bits per heavy atom. The highest BCUT2D eigenvalue weighted by molar-refractivity contribution is 7.89. The molecule has 7 nitrogen and oxygen atoms in total. The number of amides is 1. The minimum atomic E-state index is -4.01. The summed E-state index contributed by atoms with van der Waals surface area (Å²) in [5, 5.41) is 12.9. The van der Waals surface area contributed by atoms with Crippen molar-refractivity contribution in [1.29, 1.82) is 0 Å². The van der Waals surface area contributed by atoms with Gasteiger partial charge in [0.25, 0.3) is 0 Å². The summed E-state index contributed by atoms with van der Waals surface area (Å²) in [6, 6.07) is 12.1. The predicted molar refractivity (Wildman–Crippen MR) is 111 cm³/mol. The Hall–Kier alpha value is -2.68. The fourth-order valence-corrected chi connectivity index (χ4v) is 4.10. The van der Waals surface area contributed by atoms with Crippen LogP contribution in [0.4, 0.5) is 5.69 Å². The molecule has 3 N–H and O–H groups in total. The highest BCUT2D eigenvalue weighted by Crippen LogP contribution is 2.36. The summed E-state index contributed by atoms with van der Waals surface area (Å²) < 4.78 is 26.2. The molecule has 29 heavy (non-hydrogen) atoms. The molecule has 0 saturated heterocycles. The number of halogens is 1. The summed E-state index contributed by atoms with van der Waals surface area (Å²) in [6.45, 7) is 0. The molecule has 1 amide bonds. The van der Waals surface area contributed by atoms with Crippen molar-refractivity contribution in [2.45, 2.75) is 30.2 Å². The van der Waals surface area contributed by atoms with Gasteiger partial charge >= 0.3 is 0 Å². The van der Waals surface area contributed by atoms with Crippen molar-refractivity contribution in [1.82, 2.24) is 9.78 Å². The number of rotatable bonds is 6. The molecule has 2 aromatic carbocycles. The van der Waals surface area contributed by atoms with E-state index in [9.17, 15) is 13.2 Å². The van der Waals surface area contributed by atoms with Crippen molar-refractivity contribution in [3.63, 3.8) is 0 Å². The summed E-state index contributed by atoms with van der Waals surface area (Å²) in [5.74, 6) is -0.312. The maximum atomic E-state index is 12.4. The highest BCUT2D eigenvalue weighted by Gasteiger charge is 2.25. The van der Waals surface area contributed by atoms with E-state index >= 15 is 0 Å². The number of carbonyl (C=O) groups is 1. The summed E-state index contributed by atoms with van der Waals surface area (Å²) in [7, 11) is -4.01. The maximum absolute atomic E-state index is 12.4. The quantitative estimate of drug-likeness (QED) is 0.625. The Kier molecular flexibility index (Phi) is 5.16. The van der Waals surface area contributed by atoms with Crippen LogP contribution < -0.4 is 10.5 Å². The van der Waals surface area contributed by atoms with E-state index in [1.165, 1.54) is 6.07 Å². The summed E-state index contributed by atoms with van der Waals surface area (Å²) in [6.07, 6.45) is 5.65. The van der Waals surface area contributed by atoms with Gasteiger partial charge in [-0.1, -0.05) is 35.9 Å². The molecule has 1 aliphatic carbocycles. The third-order valence-corrected chi connectivity index (χ3v) is 6.03. The molecule has 0 bridgehead atoms. The van der Waals surface area contributed by atoms with Crippen LogP contribution in [0, 0.1) is 0 Å². The molecule has 9 heteroatoms. The Bertz CT molecular complexity index is 1190. The average Bonchev–Trinajstić information content (AvgIpc) is 3.40. The number of benzene rings is 2. The Morgan fingerprint density at radius 1 is 1.24 bits per heavy atom. The first-order chi connectivity index (χ1) is 13.8. The van der Waals surface area contributed by atoms with Gasteiger partial charge in [-0.3, -0.25) is 9.48 Å². The normalized spacial score (nSPS) is 14.0. The van der Waals surface area contributed by atoms with Crippen molar-refractivity contribution in [2.75, 3.05) is 5.32 Å². The molecular weight excluding hydrogens is 412 g/mol. The van der Waals surface area contributed by atoms with Crippen molar-refractivity contribution >= 4 is 33.2 Å². The number of nitrogens with zero attached hydrogens (tertiary/aromatic N) is 2. The van der Waals surface area contributed by atoms with Crippen LogP contribution in [0.5, 0.6) is 0 Å². The largest absolute Gasteiger partial charge is 0.326 e. The van der Waals surface area contributed by atoms with E-state index < -0.39 is 10.0 Å². The Morgan fingerprint density at radius 2 is 2.00 bits per heavy atom. The monoisotopic (exact) mass is 430 g/mol. The van der Waals surface area contributed by atoms with E-state index in [1.807, 2.05) is 10.9 Å². The second kappa shape index (κ2) is 7.62. The van der Waals surface area contributed by atoms with Crippen molar-refractivity contribution in [3.8, 4) is 11.1 Å².